The molecule has 1 aliphatic rings. The maximum absolute atomic E-state index is 2.48. The second-order valence-electron chi connectivity index (χ2n) is 16.6. The van der Waals surface area contributed by atoms with E-state index in [4.69, 9.17) is 0 Å². The maximum atomic E-state index is 2.48. The fourth-order valence-electron chi connectivity index (χ4n) is 10.4. The topological polar surface area (TPSA) is 9.86 Å². The largest absolute Gasteiger partial charge is 0.309 e. The van der Waals surface area contributed by atoms with Crippen molar-refractivity contribution in [3.63, 3.8) is 0 Å². The van der Waals surface area contributed by atoms with Crippen molar-refractivity contribution < 1.29 is 0 Å². The van der Waals surface area contributed by atoms with Gasteiger partial charge in [0, 0.05) is 32.9 Å². The maximum Gasteiger partial charge on any atom is 0.0541 e. The van der Waals surface area contributed by atoms with Crippen LogP contribution >= 0.6 is 0 Å². The van der Waals surface area contributed by atoms with E-state index in [1.165, 1.54) is 110 Å². The molecule has 0 spiro atoms. The van der Waals surface area contributed by atoms with Crippen molar-refractivity contribution in [2.75, 3.05) is 0 Å². The van der Waals surface area contributed by atoms with Crippen molar-refractivity contribution in [3.05, 3.63) is 198 Å². The molecule has 2 heteroatoms. The molecule has 0 bridgehead atoms. The van der Waals surface area contributed by atoms with Gasteiger partial charge >= 0.3 is 0 Å². The van der Waals surface area contributed by atoms with Crippen LogP contribution in [0.1, 0.15) is 41.5 Å². The highest BCUT2D eigenvalue weighted by molar-refractivity contribution is 6.15. The summed E-state index contributed by atoms with van der Waals surface area (Å²) in [7, 11) is 0. The van der Waals surface area contributed by atoms with Gasteiger partial charge in [-0.25, -0.2) is 0 Å². The van der Waals surface area contributed by atoms with E-state index in [1.54, 1.807) is 0 Å². The Labute approximate surface area is 343 Å². The third-order valence-electron chi connectivity index (χ3n) is 13.2. The van der Waals surface area contributed by atoms with Crippen LogP contribution in [0.4, 0.5) is 0 Å². The highest BCUT2D eigenvalue weighted by atomic mass is 15.0. The Bertz CT molecular complexity index is 3330. The van der Waals surface area contributed by atoms with E-state index in [1.807, 2.05) is 0 Å². The van der Waals surface area contributed by atoms with Crippen molar-refractivity contribution in [2.24, 2.45) is 0 Å². The van der Waals surface area contributed by atoms with Crippen LogP contribution in [0.15, 0.2) is 176 Å². The number of nitrogens with zero attached hydrogens (tertiary/aromatic N) is 2. The molecule has 59 heavy (non-hydrogen) atoms. The summed E-state index contributed by atoms with van der Waals surface area (Å²) >= 11 is 0. The Hall–Kier alpha value is -7.16. The van der Waals surface area contributed by atoms with Gasteiger partial charge in [0.15, 0.2) is 0 Å². The van der Waals surface area contributed by atoms with E-state index >= 15 is 0 Å². The van der Waals surface area contributed by atoms with Gasteiger partial charge in [-0.3, -0.25) is 0 Å². The summed E-state index contributed by atoms with van der Waals surface area (Å²) in [5.41, 5.74) is 17.5. The van der Waals surface area contributed by atoms with Gasteiger partial charge in [0.2, 0.25) is 0 Å². The lowest BCUT2D eigenvalue weighted by atomic mass is 9.80. The average Bonchev–Trinajstić information content (AvgIpc) is 3.80. The summed E-state index contributed by atoms with van der Waals surface area (Å²) < 4.78 is 4.91. The molecule has 280 valence electrons. The van der Waals surface area contributed by atoms with Gasteiger partial charge in [0.1, 0.15) is 0 Å². The molecule has 0 aliphatic heterocycles. The molecule has 12 rings (SSSR count). The summed E-state index contributed by atoms with van der Waals surface area (Å²) in [6.45, 7) is 6.93. The van der Waals surface area contributed by atoms with E-state index in [2.05, 4.69) is 212 Å². The zero-order valence-electron chi connectivity index (χ0n) is 33.5. The lowest BCUT2D eigenvalue weighted by molar-refractivity contribution is 0.781. The second-order valence-corrected chi connectivity index (χ2v) is 16.6. The number of hydrogen-bond acceptors (Lipinski definition) is 0. The molecule has 2 nitrogen and oxygen atoms in total. The molecular weight excluding hydrogens is 713 g/mol. The fourth-order valence-corrected chi connectivity index (χ4v) is 10.4. The fraction of sp³-hybridized carbons (Fsp3) is 0.0877. The van der Waals surface area contributed by atoms with Crippen molar-refractivity contribution in [1.82, 2.24) is 9.13 Å². The van der Waals surface area contributed by atoms with E-state index < -0.39 is 0 Å². The predicted molar refractivity (Wildman–Crippen MR) is 253 cm³/mol. The molecule has 0 saturated carbocycles. The Morgan fingerprint density at radius 3 is 1.46 bits per heavy atom. The van der Waals surface area contributed by atoms with Crippen molar-refractivity contribution in [1.29, 1.82) is 0 Å². The zero-order valence-corrected chi connectivity index (χ0v) is 33.5. The van der Waals surface area contributed by atoms with Crippen LogP contribution in [0.3, 0.4) is 0 Å². The number of aromatic nitrogens is 2. The van der Waals surface area contributed by atoms with Gasteiger partial charge in [-0.15, -0.1) is 0 Å². The van der Waals surface area contributed by atoms with Crippen molar-refractivity contribution in [2.45, 2.75) is 33.1 Å². The monoisotopic (exact) mass is 754 g/mol. The van der Waals surface area contributed by atoms with Gasteiger partial charge in [0.05, 0.1) is 22.1 Å². The molecule has 0 radical (unpaired) electrons. The number of para-hydroxylation sites is 4. The Morgan fingerprint density at radius 2 is 0.898 bits per heavy atom. The van der Waals surface area contributed by atoms with Crippen LogP contribution in [0, 0.1) is 13.8 Å². The number of fused-ring (bicyclic) bond motifs is 12. The highest BCUT2D eigenvalue weighted by Gasteiger charge is 2.22. The summed E-state index contributed by atoms with van der Waals surface area (Å²) in [6.07, 6.45) is 5.81. The van der Waals surface area contributed by atoms with Gasteiger partial charge in [-0.1, -0.05) is 134 Å². The lowest BCUT2D eigenvalue weighted by Crippen LogP contribution is -2.03. The smallest absolute Gasteiger partial charge is 0.0541 e. The highest BCUT2D eigenvalue weighted by Crippen LogP contribution is 2.45. The standard InChI is InChI=1S/C57H42N2/c1-35-27-28-38(32-49(35)50-34-52-42-16-4-5-21-47(42)57-36(2)15-14-22-48(57)51(52)29-37(50)3)39-30-40(58-53-23-10-6-17-43(53)44-18-7-11-24-54(44)58)33-41(31-39)59-55-25-12-8-19-45(55)46-20-9-13-26-56(46)59/h4-14,16-34,36H,15H2,1-3H3. The molecule has 0 saturated heterocycles. The van der Waals surface area contributed by atoms with E-state index in [0.717, 1.165) is 17.8 Å². The van der Waals surface area contributed by atoms with Crippen LogP contribution in [0.25, 0.3) is 105 Å². The van der Waals surface area contributed by atoms with Crippen molar-refractivity contribution in [3.8, 4) is 33.6 Å². The zero-order chi connectivity index (χ0) is 39.4. The van der Waals surface area contributed by atoms with Gasteiger partial charge in [-0.2, -0.15) is 0 Å². The quantitative estimate of drug-likeness (QED) is 0.158. The molecule has 9 aromatic carbocycles. The summed E-state index contributed by atoms with van der Waals surface area (Å²) in [5.74, 6) is 0.494. The molecule has 1 aliphatic carbocycles. The summed E-state index contributed by atoms with van der Waals surface area (Å²) in [4.78, 5) is 0. The molecule has 2 heterocycles. The number of rotatable bonds is 4. The van der Waals surface area contributed by atoms with Crippen LogP contribution in [-0.4, -0.2) is 9.13 Å². The van der Waals surface area contributed by atoms with Crippen LogP contribution in [0.5, 0.6) is 0 Å². The second kappa shape index (κ2) is 12.9. The van der Waals surface area contributed by atoms with Crippen LogP contribution in [0.2, 0.25) is 0 Å². The molecule has 1 atom stereocenters. The van der Waals surface area contributed by atoms with Gasteiger partial charge < -0.3 is 9.13 Å². The Kier molecular flexibility index (Phi) is 7.43. The molecule has 0 amide bonds. The van der Waals surface area contributed by atoms with E-state index in [0.29, 0.717) is 5.92 Å². The Morgan fingerprint density at radius 1 is 0.407 bits per heavy atom. The number of benzene rings is 9. The molecule has 11 aromatic rings. The first-order chi connectivity index (χ1) is 29.0. The molecular formula is C57H42N2. The first-order valence-corrected chi connectivity index (χ1v) is 20.9. The third-order valence-corrected chi connectivity index (χ3v) is 13.2. The van der Waals surface area contributed by atoms with Gasteiger partial charge in [-0.05, 0) is 147 Å². The number of hydrogen-bond donors (Lipinski definition) is 0. The molecule has 0 N–H and O–H groups in total. The predicted octanol–water partition coefficient (Wildman–Crippen LogP) is 15.7. The van der Waals surface area contributed by atoms with E-state index in [-0.39, 0.29) is 0 Å². The summed E-state index contributed by atoms with van der Waals surface area (Å²) in [5, 5.41) is 10.4. The van der Waals surface area contributed by atoms with Crippen molar-refractivity contribution >= 4 is 71.2 Å². The Balaban J connectivity index is 1.12. The van der Waals surface area contributed by atoms with Gasteiger partial charge in [0.25, 0.3) is 0 Å². The molecule has 2 aromatic heterocycles. The van der Waals surface area contributed by atoms with Crippen LogP contribution < -0.4 is 0 Å². The first-order valence-electron chi connectivity index (χ1n) is 20.9. The third kappa shape index (κ3) is 5.06. The molecule has 1 unspecified atom stereocenters. The van der Waals surface area contributed by atoms with Crippen LogP contribution in [-0.2, 0) is 0 Å². The SMILES string of the molecule is Cc1ccc(-c2cc(-n3c4ccccc4c4ccccc43)cc(-n3c4ccccc4c4ccccc43)c2)cc1-c1cc2c(cc1C)c1c(c3ccccc32)C(C)CC=C1. The minimum absolute atomic E-state index is 0.494. The lowest BCUT2D eigenvalue weighted by Gasteiger charge is -2.24. The normalized spacial score (nSPS) is 14.1. The van der Waals surface area contributed by atoms with E-state index in [9.17, 15) is 0 Å². The number of allylic oxidation sites excluding steroid dienone is 1. The minimum Gasteiger partial charge on any atom is -0.309 e. The molecule has 0 fully saturated rings. The number of aryl methyl sites for hydroxylation is 2. The average molecular weight is 755 g/mol. The first kappa shape index (κ1) is 33.9. The minimum atomic E-state index is 0.494. The summed E-state index contributed by atoms with van der Waals surface area (Å²) in [6, 6.07) is 63.5.